The molecule has 7 nitrogen and oxygen atoms in total. The molecule has 2 amide bonds. The molecule has 0 radical (unpaired) electrons. The minimum atomic E-state index is -3.90. The Hall–Kier alpha value is -2.29. The van der Waals surface area contributed by atoms with Crippen LogP contribution in [0.25, 0.3) is 0 Å². The lowest BCUT2D eigenvalue weighted by atomic mass is 10.1. The Labute approximate surface area is 179 Å². The van der Waals surface area contributed by atoms with E-state index in [-0.39, 0.29) is 32.4 Å². The van der Waals surface area contributed by atoms with Crippen LogP contribution in [0, 0.1) is 0 Å². The van der Waals surface area contributed by atoms with E-state index in [0.717, 1.165) is 0 Å². The summed E-state index contributed by atoms with van der Waals surface area (Å²) in [6.45, 7) is 3.31. The Morgan fingerprint density at radius 3 is 2.21 bits per heavy atom. The number of hydrogen-bond donors (Lipinski definition) is 1. The predicted octanol–water partition coefficient (Wildman–Crippen LogP) is 3.10. The molecule has 2 aromatic carbocycles. The zero-order chi connectivity index (χ0) is 21.2. The molecule has 2 aromatic rings. The summed E-state index contributed by atoms with van der Waals surface area (Å²) in [5, 5.41) is 0.381. The van der Waals surface area contributed by atoms with Crippen LogP contribution in [0.3, 0.4) is 0 Å². The Morgan fingerprint density at radius 1 is 0.931 bits per heavy atom. The summed E-state index contributed by atoms with van der Waals surface area (Å²) >= 11 is 11.7. The lowest BCUT2D eigenvalue weighted by molar-refractivity contribution is -0.130. The van der Waals surface area contributed by atoms with Gasteiger partial charge in [0.05, 0.1) is 14.9 Å². The number of amides is 2. The van der Waals surface area contributed by atoms with E-state index in [0.29, 0.717) is 31.7 Å². The average molecular weight is 456 g/mol. The molecule has 1 aliphatic rings. The molecule has 1 N–H and O–H groups in total. The fourth-order valence-corrected chi connectivity index (χ4v) is 4.42. The van der Waals surface area contributed by atoms with Crippen molar-refractivity contribution in [3.05, 3.63) is 58.1 Å². The molecule has 10 heteroatoms. The van der Waals surface area contributed by atoms with Crippen LogP contribution in [0.2, 0.25) is 10.0 Å². The maximum Gasteiger partial charge on any atom is 0.261 e. The van der Waals surface area contributed by atoms with Crippen LogP contribution in [0.4, 0.5) is 5.69 Å². The summed E-state index contributed by atoms with van der Waals surface area (Å²) in [5.41, 5.74) is 0.611. The zero-order valence-corrected chi connectivity index (χ0v) is 17.9. The van der Waals surface area contributed by atoms with Gasteiger partial charge >= 0.3 is 0 Å². The van der Waals surface area contributed by atoms with E-state index >= 15 is 0 Å². The molecule has 1 saturated heterocycles. The number of sulfonamides is 1. The highest BCUT2D eigenvalue weighted by atomic mass is 35.5. The Bertz CT molecular complexity index is 1050. The highest BCUT2D eigenvalue weighted by Gasteiger charge is 2.24. The first-order valence-electron chi connectivity index (χ1n) is 8.80. The number of hydrogen-bond acceptors (Lipinski definition) is 4. The van der Waals surface area contributed by atoms with Gasteiger partial charge in [-0.05, 0) is 36.4 Å². The van der Waals surface area contributed by atoms with Crippen LogP contribution >= 0.6 is 23.2 Å². The van der Waals surface area contributed by atoms with E-state index < -0.39 is 10.0 Å². The van der Waals surface area contributed by atoms with Crippen LogP contribution in [-0.2, 0) is 14.8 Å². The number of halogens is 2. The average Bonchev–Trinajstić information content (AvgIpc) is 2.69. The van der Waals surface area contributed by atoms with Gasteiger partial charge in [-0.3, -0.25) is 14.3 Å². The normalized spacial score (nSPS) is 14.6. The second-order valence-corrected chi connectivity index (χ2v) is 9.06. The van der Waals surface area contributed by atoms with Gasteiger partial charge in [-0.1, -0.05) is 29.3 Å². The van der Waals surface area contributed by atoms with Crippen molar-refractivity contribution in [3.8, 4) is 0 Å². The molecule has 0 spiro atoms. The van der Waals surface area contributed by atoms with Crippen molar-refractivity contribution in [1.82, 2.24) is 9.80 Å². The fourth-order valence-electron chi connectivity index (χ4n) is 2.98. The minimum Gasteiger partial charge on any atom is -0.339 e. The van der Waals surface area contributed by atoms with Gasteiger partial charge in [0.15, 0.2) is 0 Å². The number of nitrogens with zero attached hydrogens (tertiary/aromatic N) is 2. The van der Waals surface area contributed by atoms with Crippen LogP contribution in [0.1, 0.15) is 17.3 Å². The van der Waals surface area contributed by atoms with Gasteiger partial charge in [-0.25, -0.2) is 8.42 Å². The first kappa shape index (κ1) is 21.4. The van der Waals surface area contributed by atoms with Crippen molar-refractivity contribution in [1.29, 1.82) is 0 Å². The number of carbonyl (C=O) groups excluding carboxylic acids is 2. The van der Waals surface area contributed by atoms with Crippen LogP contribution in [0.5, 0.6) is 0 Å². The number of carbonyl (C=O) groups is 2. The van der Waals surface area contributed by atoms with Gasteiger partial charge in [0.2, 0.25) is 5.91 Å². The zero-order valence-electron chi connectivity index (χ0n) is 15.6. The molecule has 1 aliphatic heterocycles. The van der Waals surface area contributed by atoms with E-state index in [9.17, 15) is 18.0 Å². The van der Waals surface area contributed by atoms with Gasteiger partial charge < -0.3 is 9.80 Å². The molecule has 1 heterocycles. The highest BCUT2D eigenvalue weighted by molar-refractivity contribution is 7.92. The second-order valence-electron chi connectivity index (χ2n) is 6.56. The minimum absolute atomic E-state index is 0.0178. The smallest absolute Gasteiger partial charge is 0.261 e. The van der Waals surface area contributed by atoms with Crippen molar-refractivity contribution >= 4 is 50.7 Å². The molecule has 0 bridgehead atoms. The Kier molecular flexibility index (Phi) is 6.36. The SMILES string of the molecule is CC(=O)N1CCN(C(=O)c2cccc(NS(=O)(=O)c3ccc(Cl)c(Cl)c3)c2)CC1. The van der Waals surface area contributed by atoms with Crippen LogP contribution in [0.15, 0.2) is 47.4 Å². The van der Waals surface area contributed by atoms with Crippen LogP contribution in [-0.4, -0.2) is 56.2 Å². The van der Waals surface area contributed by atoms with Crippen molar-refractivity contribution in [2.24, 2.45) is 0 Å². The van der Waals surface area contributed by atoms with Gasteiger partial charge in [0, 0.05) is 44.4 Å². The van der Waals surface area contributed by atoms with Crippen molar-refractivity contribution in [2.75, 3.05) is 30.9 Å². The molecule has 1 fully saturated rings. The third-order valence-electron chi connectivity index (χ3n) is 4.58. The topological polar surface area (TPSA) is 86.8 Å². The summed E-state index contributed by atoms with van der Waals surface area (Å²) in [6.07, 6.45) is 0. The maximum absolute atomic E-state index is 12.8. The van der Waals surface area contributed by atoms with Crippen molar-refractivity contribution < 1.29 is 18.0 Å². The van der Waals surface area contributed by atoms with E-state index in [1.54, 1.807) is 28.0 Å². The first-order chi connectivity index (χ1) is 13.7. The van der Waals surface area contributed by atoms with E-state index in [1.165, 1.54) is 31.2 Å². The maximum atomic E-state index is 12.8. The molecule has 0 aliphatic carbocycles. The molecule has 0 unspecified atom stereocenters. The van der Waals surface area contributed by atoms with E-state index in [4.69, 9.17) is 23.2 Å². The number of anilines is 1. The number of nitrogens with one attached hydrogen (secondary N) is 1. The van der Waals surface area contributed by atoms with Crippen LogP contribution < -0.4 is 4.72 Å². The summed E-state index contributed by atoms with van der Waals surface area (Å²) in [6, 6.07) is 10.3. The molecular weight excluding hydrogens is 437 g/mol. The van der Waals surface area contributed by atoms with Gasteiger partial charge in [0.25, 0.3) is 15.9 Å². The number of benzene rings is 2. The molecule has 0 aromatic heterocycles. The summed E-state index contributed by atoms with van der Waals surface area (Å²) < 4.78 is 27.7. The molecule has 0 saturated carbocycles. The first-order valence-corrected chi connectivity index (χ1v) is 11.0. The quantitative estimate of drug-likeness (QED) is 0.766. The van der Waals surface area contributed by atoms with Gasteiger partial charge in [-0.2, -0.15) is 0 Å². The second kappa shape index (κ2) is 8.61. The lowest BCUT2D eigenvalue weighted by Gasteiger charge is -2.34. The van der Waals surface area contributed by atoms with E-state index in [1.807, 2.05) is 0 Å². The number of piperazine rings is 1. The lowest BCUT2D eigenvalue weighted by Crippen LogP contribution is -2.50. The summed E-state index contributed by atoms with van der Waals surface area (Å²) in [4.78, 5) is 27.5. The Morgan fingerprint density at radius 2 is 1.59 bits per heavy atom. The number of rotatable bonds is 4. The highest BCUT2D eigenvalue weighted by Crippen LogP contribution is 2.26. The monoisotopic (exact) mass is 455 g/mol. The molecule has 3 rings (SSSR count). The third-order valence-corrected chi connectivity index (χ3v) is 6.69. The largest absolute Gasteiger partial charge is 0.339 e. The summed E-state index contributed by atoms with van der Waals surface area (Å²) in [5.74, 6) is -0.236. The van der Waals surface area contributed by atoms with Crippen molar-refractivity contribution in [2.45, 2.75) is 11.8 Å². The van der Waals surface area contributed by atoms with Crippen molar-refractivity contribution in [3.63, 3.8) is 0 Å². The Balaban J connectivity index is 1.75. The molecular formula is C19H19Cl2N3O4S. The molecule has 29 heavy (non-hydrogen) atoms. The van der Waals surface area contributed by atoms with Gasteiger partial charge in [-0.15, -0.1) is 0 Å². The molecule has 154 valence electrons. The predicted molar refractivity (Wildman–Crippen MR) is 112 cm³/mol. The standard InChI is InChI=1S/C19H19Cl2N3O4S/c1-13(25)23-7-9-24(10-8-23)19(26)14-3-2-4-15(11-14)22-29(27,28)16-5-6-17(20)18(21)12-16/h2-6,11-12,22H,7-10H2,1H3. The molecule has 0 atom stereocenters. The fraction of sp³-hybridized carbons (Fsp3) is 0.263. The third kappa shape index (κ3) is 5.01. The van der Waals surface area contributed by atoms with E-state index in [2.05, 4.69) is 4.72 Å². The summed E-state index contributed by atoms with van der Waals surface area (Å²) in [7, 11) is -3.90. The van der Waals surface area contributed by atoms with Gasteiger partial charge in [0.1, 0.15) is 0 Å².